The Morgan fingerprint density at radius 2 is 2.20 bits per heavy atom. The largest absolute Gasteiger partial charge is 0.481 e. The van der Waals surface area contributed by atoms with E-state index in [9.17, 15) is 4.79 Å². The second-order valence-electron chi connectivity index (χ2n) is 4.63. The summed E-state index contributed by atoms with van der Waals surface area (Å²) >= 11 is 0. The fraction of sp³-hybridized carbons (Fsp3) is 0.214. The van der Waals surface area contributed by atoms with Crippen molar-refractivity contribution < 1.29 is 9.90 Å². The summed E-state index contributed by atoms with van der Waals surface area (Å²) in [5.41, 5.74) is 3.60. The second kappa shape index (κ2) is 4.80. The Bertz CT molecular complexity index is 772. The van der Waals surface area contributed by atoms with Gasteiger partial charge < -0.3 is 9.67 Å². The third-order valence-electron chi connectivity index (χ3n) is 3.27. The summed E-state index contributed by atoms with van der Waals surface area (Å²) in [6.07, 6.45) is 1.78. The molecule has 0 bridgehead atoms. The minimum absolute atomic E-state index is 0.0598. The van der Waals surface area contributed by atoms with Gasteiger partial charge in [0.05, 0.1) is 29.2 Å². The number of hydrogen-bond donors (Lipinski definition) is 2. The summed E-state index contributed by atoms with van der Waals surface area (Å²) in [7, 11) is 0. The molecule has 0 saturated heterocycles. The molecule has 0 radical (unpaired) electrons. The number of imidazole rings is 1. The fourth-order valence-corrected chi connectivity index (χ4v) is 2.29. The molecule has 0 atom stereocenters. The van der Waals surface area contributed by atoms with Crippen LogP contribution in [-0.2, 0) is 11.3 Å². The first kappa shape index (κ1) is 12.4. The Hall–Kier alpha value is -2.63. The van der Waals surface area contributed by atoms with E-state index in [1.807, 2.05) is 35.8 Å². The van der Waals surface area contributed by atoms with Crippen molar-refractivity contribution >= 4 is 17.0 Å². The number of aromatic amines is 1. The molecule has 0 aliphatic carbocycles. The number of carbonyl (C=O) groups is 1. The van der Waals surface area contributed by atoms with E-state index in [0.717, 1.165) is 28.1 Å². The lowest BCUT2D eigenvalue weighted by Crippen LogP contribution is -2.06. The van der Waals surface area contributed by atoms with Gasteiger partial charge in [-0.1, -0.05) is 12.1 Å². The topological polar surface area (TPSA) is 83.8 Å². The van der Waals surface area contributed by atoms with E-state index in [0.29, 0.717) is 6.54 Å². The SMILES string of the molecule is Cc1[nH]ncc1-c1nc2ccccc2n1CCC(=O)O. The van der Waals surface area contributed by atoms with Crippen molar-refractivity contribution in [1.82, 2.24) is 19.7 Å². The van der Waals surface area contributed by atoms with E-state index < -0.39 is 5.97 Å². The van der Waals surface area contributed by atoms with Crippen LogP contribution in [0.2, 0.25) is 0 Å². The second-order valence-corrected chi connectivity index (χ2v) is 4.63. The molecule has 102 valence electrons. The molecule has 2 heterocycles. The van der Waals surface area contributed by atoms with Gasteiger partial charge in [-0.25, -0.2) is 4.98 Å². The predicted molar refractivity (Wildman–Crippen MR) is 74.3 cm³/mol. The van der Waals surface area contributed by atoms with Gasteiger partial charge in [-0.3, -0.25) is 9.89 Å². The van der Waals surface area contributed by atoms with Gasteiger partial charge in [-0.15, -0.1) is 0 Å². The lowest BCUT2D eigenvalue weighted by atomic mass is 10.2. The van der Waals surface area contributed by atoms with Crippen molar-refractivity contribution in [3.8, 4) is 11.4 Å². The number of hydrogen-bond acceptors (Lipinski definition) is 3. The number of carboxylic acids is 1. The van der Waals surface area contributed by atoms with E-state index in [1.54, 1.807) is 6.20 Å². The average molecular weight is 270 g/mol. The summed E-state index contributed by atoms with van der Waals surface area (Å²) < 4.78 is 1.93. The maximum absolute atomic E-state index is 10.8. The number of rotatable bonds is 4. The van der Waals surface area contributed by atoms with E-state index in [4.69, 9.17) is 5.11 Å². The highest BCUT2D eigenvalue weighted by molar-refractivity contribution is 5.81. The summed E-state index contributed by atoms with van der Waals surface area (Å²) in [4.78, 5) is 15.4. The molecule has 0 aliphatic heterocycles. The molecule has 2 aromatic heterocycles. The first-order chi connectivity index (χ1) is 9.66. The lowest BCUT2D eigenvalue weighted by Gasteiger charge is -2.07. The number of benzene rings is 1. The van der Waals surface area contributed by atoms with Crippen molar-refractivity contribution in [3.05, 3.63) is 36.2 Å². The van der Waals surface area contributed by atoms with Crippen molar-refractivity contribution in [3.63, 3.8) is 0 Å². The van der Waals surface area contributed by atoms with Crippen LogP contribution in [-0.4, -0.2) is 30.8 Å². The molecule has 0 amide bonds. The van der Waals surface area contributed by atoms with Crippen LogP contribution in [0.5, 0.6) is 0 Å². The summed E-state index contributed by atoms with van der Waals surface area (Å²) in [5, 5.41) is 15.8. The Morgan fingerprint density at radius 3 is 2.90 bits per heavy atom. The number of nitrogens with one attached hydrogen (secondary N) is 1. The van der Waals surface area contributed by atoms with E-state index in [2.05, 4.69) is 15.2 Å². The van der Waals surface area contributed by atoms with Gasteiger partial charge in [0.2, 0.25) is 0 Å². The van der Waals surface area contributed by atoms with Gasteiger partial charge >= 0.3 is 5.97 Å². The van der Waals surface area contributed by atoms with Crippen LogP contribution in [0.1, 0.15) is 12.1 Å². The van der Waals surface area contributed by atoms with Crippen LogP contribution < -0.4 is 0 Å². The van der Waals surface area contributed by atoms with E-state index in [-0.39, 0.29) is 6.42 Å². The Labute approximate surface area is 115 Å². The first-order valence-electron chi connectivity index (χ1n) is 6.34. The number of fused-ring (bicyclic) bond motifs is 1. The Balaban J connectivity index is 2.17. The molecule has 1 aromatic carbocycles. The average Bonchev–Trinajstić information content (AvgIpc) is 2.99. The molecule has 0 fully saturated rings. The van der Waals surface area contributed by atoms with Crippen molar-refractivity contribution in [2.45, 2.75) is 19.9 Å². The number of aryl methyl sites for hydroxylation is 2. The normalized spacial score (nSPS) is 11.1. The van der Waals surface area contributed by atoms with Gasteiger partial charge in [0.1, 0.15) is 5.82 Å². The number of aliphatic carboxylic acids is 1. The molecule has 0 saturated carbocycles. The predicted octanol–water partition coefficient (Wildman–Crippen LogP) is 2.21. The summed E-state index contributed by atoms with van der Waals surface area (Å²) in [6.45, 7) is 2.30. The summed E-state index contributed by atoms with van der Waals surface area (Å²) in [5.74, 6) is -0.0728. The minimum atomic E-state index is -0.822. The first-order valence-corrected chi connectivity index (χ1v) is 6.34. The summed E-state index contributed by atoms with van der Waals surface area (Å²) in [6, 6.07) is 7.71. The van der Waals surface area contributed by atoms with Crippen LogP contribution in [0.15, 0.2) is 30.5 Å². The minimum Gasteiger partial charge on any atom is -0.481 e. The fourth-order valence-electron chi connectivity index (χ4n) is 2.29. The van der Waals surface area contributed by atoms with Gasteiger partial charge in [0.15, 0.2) is 0 Å². The van der Waals surface area contributed by atoms with Gasteiger partial charge in [0.25, 0.3) is 0 Å². The van der Waals surface area contributed by atoms with Gasteiger partial charge in [-0.05, 0) is 19.1 Å². The molecule has 3 aromatic rings. The maximum atomic E-state index is 10.8. The van der Waals surface area contributed by atoms with Crippen LogP contribution in [0.25, 0.3) is 22.4 Å². The highest BCUT2D eigenvalue weighted by atomic mass is 16.4. The van der Waals surface area contributed by atoms with Gasteiger partial charge in [-0.2, -0.15) is 5.10 Å². The highest BCUT2D eigenvalue weighted by Crippen LogP contribution is 2.26. The Kier molecular flexibility index (Phi) is 2.98. The molecule has 2 N–H and O–H groups in total. The standard InChI is InChI=1S/C14H14N4O2/c1-9-10(8-15-17-9)14-16-11-4-2-3-5-12(11)18(14)7-6-13(19)20/h2-5,8H,6-7H2,1H3,(H,15,17)(H,19,20). The molecule has 0 aliphatic rings. The van der Waals surface area contributed by atoms with Crippen LogP contribution in [0.4, 0.5) is 0 Å². The molecular formula is C14H14N4O2. The number of aromatic nitrogens is 4. The zero-order valence-electron chi connectivity index (χ0n) is 11.0. The zero-order valence-corrected chi connectivity index (χ0v) is 11.0. The van der Waals surface area contributed by atoms with E-state index >= 15 is 0 Å². The molecule has 6 heteroatoms. The number of H-pyrrole nitrogens is 1. The smallest absolute Gasteiger partial charge is 0.305 e. The van der Waals surface area contributed by atoms with E-state index in [1.165, 1.54) is 0 Å². The van der Waals surface area contributed by atoms with Crippen LogP contribution in [0.3, 0.4) is 0 Å². The van der Waals surface area contributed by atoms with Gasteiger partial charge in [0, 0.05) is 12.2 Å². The zero-order chi connectivity index (χ0) is 14.1. The molecule has 0 unspecified atom stereocenters. The third-order valence-corrected chi connectivity index (χ3v) is 3.27. The van der Waals surface area contributed by atoms with Crippen molar-refractivity contribution in [2.24, 2.45) is 0 Å². The van der Waals surface area contributed by atoms with Crippen molar-refractivity contribution in [2.75, 3.05) is 0 Å². The molecule has 6 nitrogen and oxygen atoms in total. The maximum Gasteiger partial charge on any atom is 0.305 e. The number of para-hydroxylation sites is 2. The quantitative estimate of drug-likeness (QED) is 0.761. The monoisotopic (exact) mass is 270 g/mol. The number of nitrogens with zero attached hydrogens (tertiary/aromatic N) is 3. The number of carboxylic acid groups (broad SMARTS) is 1. The highest BCUT2D eigenvalue weighted by Gasteiger charge is 2.15. The molecule has 20 heavy (non-hydrogen) atoms. The lowest BCUT2D eigenvalue weighted by molar-refractivity contribution is -0.137. The molecular weight excluding hydrogens is 256 g/mol. The molecule has 3 rings (SSSR count). The van der Waals surface area contributed by atoms with Crippen LogP contribution >= 0.6 is 0 Å². The third kappa shape index (κ3) is 2.05. The molecule has 0 spiro atoms. The van der Waals surface area contributed by atoms with Crippen molar-refractivity contribution in [1.29, 1.82) is 0 Å². The van der Waals surface area contributed by atoms with Crippen LogP contribution in [0, 0.1) is 6.92 Å². The Morgan fingerprint density at radius 1 is 1.40 bits per heavy atom.